The zero-order valence-electron chi connectivity index (χ0n) is 16.2. The minimum absolute atomic E-state index is 0.0512. The van der Waals surface area contributed by atoms with Crippen molar-refractivity contribution in [3.05, 3.63) is 87.3 Å². The van der Waals surface area contributed by atoms with E-state index in [9.17, 15) is 22.8 Å². The van der Waals surface area contributed by atoms with E-state index >= 15 is 0 Å². The fraction of sp³-hybridized carbons (Fsp3) is 0.190. The Kier molecular flexibility index (Phi) is 5.64. The molecule has 9 heteroatoms. The molecule has 1 heterocycles. The summed E-state index contributed by atoms with van der Waals surface area (Å²) >= 11 is 0. The monoisotopic (exact) mass is 416 g/mol. The normalized spacial score (nSPS) is 12.4. The summed E-state index contributed by atoms with van der Waals surface area (Å²) in [5.41, 5.74) is 5.67. The van der Waals surface area contributed by atoms with Crippen LogP contribution < -0.4 is 16.6 Å². The quantitative estimate of drug-likeness (QED) is 0.636. The number of nitrogen functional groups attached to an aromatic ring is 1. The zero-order valence-corrected chi connectivity index (χ0v) is 16.2. The average Bonchev–Trinajstić information content (AvgIpc) is 2.67. The molecule has 0 aliphatic heterocycles. The number of halogens is 3. The molecule has 3 rings (SSSR count). The molecular formula is C21H19F3N4O2. The van der Waals surface area contributed by atoms with E-state index in [0.717, 1.165) is 22.4 Å². The number of alkyl halides is 3. The van der Waals surface area contributed by atoms with E-state index in [1.54, 1.807) is 25.1 Å². The molecule has 0 saturated carbocycles. The summed E-state index contributed by atoms with van der Waals surface area (Å²) < 4.78 is 40.2. The summed E-state index contributed by atoms with van der Waals surface area (Å²) in [6, 6.07) is 11.9. The predicted molar refractivity (Wildman–Crippen MR) is 106 cm³/mol. The lowest BCUT2D eigenvalue weighted by Crippen LogP contribution is -2.31. The second-order valence-electron chi connectivity index (χ2n) is 6.84. The molecule has 1 aromatic heterocycles. The van der Waals surface area contributed by atoms with Gasteiger partial charge in [0.25, 0.3) is 11.5 Å². The van der Waals surface area contributed by atoms with Crippen LogP contribution in [0.2, 0.25) is 0 Å². The number of rotatable bonds is 4. The number of aryl methyl sites for hydroxylation is 1. The topological polar surface area (TPSA) is 90.0 Å². The lowest BCUT2D eigenvalue weighted by Gasteiger charge is -2.17. The number of nitrogens with zero attached hydrogens (tertiary/aromatic N) is 2. The Hall–Kier alpha value is -3.62. The average molecular weight is 416 g/mol. The van der Waals surface area contributed by atoms with Gasteiger partial charge >= 0.3 is 6.18 Å². The van der Waals surface area contributed by atoms with Crippen LogP contribution in [0.15, 0.2) is 59.4 Å². The van der Waals surface area contributed by atoms with Crippen LogP contribution in [0, 0.1) is 6.92 Å². The number of hydrogen-bond donors (Lipinski definition) is 2. The number of anilines is 1. The van der Waals surface area contributed by atoms with Gasteiger partial charge in [-0.1, -0.05) is 18.2 Å². The third-order valence-corrected chi connectivity index (χ3v) is 4.53. The van der Waals surface area contributed by atoms with E-state index in [4.69, 9.17) is 5.73 Å². The molecule has 156 valence electrons. The third kappa shape index (κ3) is 4.51. The second-order valence-corrected chi connectivity index (χ2v) is 6.84. The highest BCUT2D eigenvalue weighted by molar-refractivity contribution is 5.92. The van der Waals surface area contributed by atoms with Crippen LogP contribution >= 0.6 is 0 Å². The SMILES string of the molecule is Cc1ccccc1-n1nc(C(=O)N[C@H](C)c2cc(N)cc(C(F)(F)F)c2)ccc1=O. The number of amides is 1. The number of carbonyl (C=O) groups excluding carboxylic acids is 1. The third-order valence-electron chi connectivity index (χ3n) is 4.53. The largest absolute Gasteiger partial charge is 0.416 e. The molecule has 0 fully saturated rings. The number of carbonyl (C=O) groups is 1. The van der Waals surface area contributed by atoms with Gasteiger partial charge in [0.05, 0.1) is 17.3 Å². The van der Waals surface area contributed by atoms with Crippen molar-refractivity contribution in [1.82, 2.24) is 15.1 Å². The van der Waals surface area contributed by atoms with Gasteiger partial charge in [-0.2, -0.15) is 23.0 Å². The van der Waals surface area contributed by atoms with Crippen molar-refractivity contribution < 1.29 is 18.0 Å². The maximum atomic E-state index is 13.0. The molecule has 6 nitrogen and oxygen atoms in total. The van der Waals surface area contributed by atoms with Crippen molar-refractivity contribution in [1.29, 1.82) is 0 Å². The van der Waals surface area contributed by atoms with Gasteiger partial charge in [0, 0.05) is 11.8 Å². The lowest BCUT2D eigenvalue weighted by molar-refractivity contribution is -0.137. The smallest absolute Gasteiger partial charge is 0.399 e. The first kappa shape index (κ1) is 21.1. The maximum absolute atomic E-state index is 13.0. The van der Waals surface area contributed by atoms with E-state index in [1.807, 2.05) is 6.07 Å². The lowest BCUT2D eigenvalue weighted by atomic mass is 10.0. The number of aromatic nitrogens is 2. The van der Waals surface area contributed by atoms with Crippen molar-refractivity contribution in [3.8, 4) is 5.69 Å². The first-order valence-electron chi connectivity index (χ1n) is 9.01. The van der Waals surface area contributed by atoms with Crippen molar-refractivity contribution in [2.45, 2.75) is 26.1 Å². The standard InChI is InChI=1S/C21H19F3N4O2/c1-12-5-3-4-6-18(12)28-19(29)8-7-17(27-28)20(30)26-13(2)14-9-15(21(22,23)24)11-16(25)10-14/h3-11,13H,25H2,1-2H3,(H,26,30)/t13-/m1/s1. The Morgan fingerprint density at radius 2 is 1.83 bits per heavy atom. The number of hydrogen-bond acceptors (Lipinski definition) is 4. The van der Waals surface area contributed by atoms with Crippen molar-refractivity contribution in [2.24, 2.45) is 0 Å². The van der Waals surface area contributed by atoms with Crippen LogP contribution in [0.1, 0.15) is 40.1 Å². The molecule has 0 aliphatic rings. The Morgan fingerprint density at radius 1 is 1.13 bits per heavy atom. The second kappa shape index (κ2) is 8.02. The van der Waals surface area contributed by atoms with Crippen LogP contribution in [-0.4, -0.2) is 15.7 Å². The molecule has 30 heavy (non-hydrogen) atoms. The van der Waals surface area contributed by atoms with Crippen molar-refractivity contribution in [3.63, 3.8) is 0 Å². The Bertz CT molecular complexity index is 1160. The summed E-state index contributed by atoms with van der Waals surface area (Å²) in [6.07, 6.45) is -4.56. The summed E-state index contributed by atoms with van der Waals surface area (Å²) in [5, 5.41) is 6.70. The van der Waals surface area contributed by atoms with Gasteiger partial charge in [-0.25, -0.2) is 0 Å². The van der Waals surface area contributed by atoms with Crippen molar-refractivity contribution in [2.75, 3.05) is 5.73 Å². The van der Waals surface area contributed by atoms with Crippen molar-refractivity contribution >= 4 is 11.6 Å². The number of nitrogens with one attached hydrogen (secondary N) is 1. The van der Waals surface area contributed by atoms with Gasteiger partial charge < -0.3 is 11.1 Å². The molecular weight excluding hydrogens is 397 g/mol. The molecule has 1 atom stereocenters. The predicted octanol–water partition coefficient (Wildman–Crippen LogP) is 3.63. The Balaban J connectivity index is 1.88. The van der Waals surface area contributed by atoms with Gasteiger partial charge in [0.2, 0.25) is 0 Å². The number of benzene rings is 2. The first-order chi connectivity index (χ1) is 14.1. The van der Waals surface area contributed by atoms with E-state index < -0.39 is 29.2 Å². The molecule has 0 saturated heterocycles. The van der Waals surface area contributed by atoms with Crippen LogP contribution in [-0.2, 0) is 6.18 Å². The Morgan fingerprint density at radius 3 is 2.50 bits per heavy atom. The minimum Gasteiger partial charge on any atom is -0.399 e. The van der Waals surface area contributed by atoms with Gasteiger partial charge in [0.15, 0.2) is 0 Å². The molecule has 0 unspecified atom stereocenters. The summed E-state index contributed by atoms with van der Waals surface area (Å²) in [4.78, 5) is 24.8. The number of nitrogens with two attached hydrogens (primary N) is 1. The zero-order chi connectivity index (χ0) is 22.1. The van der Waals surface area contributed by atoms with Gasteiger partial charge in [-0.05, 0) is 55.3 Å². The van der Waals surface area contributed by atoms with Crippen LogP contribution in [0.5, 0.6) is 0 Å². The molecule has 0 bridgehead atoms. The first-order valence-corrected chi connectivity index (χ1v) is 9.01. The summed E-state index contributed by atoms with van der Waals surface area (Å²) in [7, 11) is 0. The maximum Gasteiger partial charge on any atom is 0.416 e. The van der Waals surface area contributed by atoms with E-state index in [-0.39, 0.29) is 16.9 Å². The molecule has 0 aliphatic carbocycles. The highest BCUT2D eigenvalue weighted by Crippen LogP contribution is 2.32. The fourth-order valence-corrected chi connectivity index (χ4v) is 2.95. The van der Waals surface area contributed by atoms with E-state index in [2.05, 4.69) is 10.4 Å². The molecule has 2 aromatic carbocycles. The molecule has 3 N–H and O–H groups in total. The molecule has 0 spiro atoms. The highest BCUT2D eigenvalue weighted by Gasteiger charge is 2.31. The van der Waals surface area contributed by atoms with E-state index in [1.165, 1.54) is 25.1 Å². The summed E-state index contributed by atoms with van der Waals surface area (Å²) in [5.74, 6) is -0.638. The minimum atomic E-state index is -4.56. The highest BCUT2D eigenvalue weighted by atomic mass is 19.4. The van der Waals surface area contributed by atoms with Crippen LogP contribution in [0.3, 0.4) is 0 Å². The Labute approximate surface area is 170 Å². The van der Waals surface area contributed by atoms with Gasteiger partial charge in [0.1, 0.15) is 5.69 Å². The van der Waals surface area contributed by atoms with Gasteiger partial charge in [-0.15, -0.1) is 0 Å². The van der Waals surface area contributed by atoms with E-state index in [0.29, 0.717) is 5.69 Å². The molecule has 1 amide bonds. The fourth-order valence-electron chi connectivity index (χ4n) is 2.95. The summed E-state index contributed by atoms with van der Waals surface area (Å²) in [6.45, 7) is 3.33. The number of para-hydroxylation sites is 1. The van der Waals surface area contributed by atoms with Crippen LogP contribution in [0.25, 0.3) is 5.69 Å². The molecule has 0 radical (unpaired) electrons. The van der Waals surface area contributed by atoms with Crippen LogP contribution in [0.4, 0.5) is 18.9 Å². The molecule has 3 aromatic rings. The van der Waals surface area contributed by atoms with Gasteiger partial charge in [-0.3, -0.25) is 9.59 Å².